The van der Waals surface area contributed by atoms with Crippen LogP contribution >= 0.6 is 0 Å². The Bertz CT molecular complexity index is 1440. The highest BCUT2D eigenvalue weighted by molar-refractivity contribution is 7.92. The van der Waals surface area contributed by atoms with Gasteiger partial charge in [0, 0.05) is 12.1 Å². The zero-order valence-corrected chi connectivity index (χ0v) is 20.4. The van der Waals surface area contributed by atoms with Crippen molar-refractivity contribution >= 4 is 27.8 Å². The SMILES string of the molecule is CCN(CC)C/C=C\c1cc(F)ccc1S(=O)(=O)Nc1ccc2c(c1C(=O)O)OCc1occ(F)c1-2. The summed E-state index contributed by atoms with van der Waals surface area (Å²) in [4.78, 5) is 14.0. The van der Waals surface area contributed by atoms with E-state index in [1.807, 2.05) is 13.8 Å². The lowest BCUT2D eigenvalue weighted by Crippen LogP contribution is -2.22. The summed E-state index contributed by atoms with van der Waals surface area (Å²) < 4.78 is 67.7. The number of fused-ring (bicyclic) bond motifs is 3. The van der Waals surface area contributed by atoms with Crippen molar-refractivity contribution in [1.82, 2.24) is 4.90 Å². The number of benzene rings is 2. The third-order valence-electron chi connectivity index (χ3n) is 5.87. The van der Waals surface area contributed by atoms with Gasteiger partial charge in [0.25, 0.3) is 10.0 Å². The average Bonchev–Trinajstić information content (AvgIpc) is 3.22. The Morgan fingerprint density at radius 2 is 1.94 bits per heavy atom. The number of rotatable bonds is 9. The van der Waals surface area contributed by atoms with Crippen LogP contribution in [-0.4, -0.2) is 44.0 Å². The first-order valence-corrected chi connectivity index (χ1v) is 12.6. The third-order valence-corrected chi connectivity index (χ3v) is 7.31. The van der Waals surface area contributed by atoms with Crippen molar-refractivity contribution < 1.29 is 36.3 Å². The summed E-state index contributed by atoms with van der Waals surface area (Å²) in [5, 5.41) is 9.87. The molecule has 2 N–H and O–H groups in total. The van der Waals surface area contributed by atoms with Gasteiger partial charge in [0.2, 0.25) is 0 Å². The Morgan fingerprint density at radius 1 is 1.19 bits per heavy atom. The normalized spacial score (nSPS) is 12.9. The molecule has 1 aromatic heterocycles. The number of likely N-dealkylation sites (N-methyl/N-ethyl adjacent to an activating group) is 1. The van der Waals surface area contributed by atoms with E-state index in [9.17, 15) is 27.1 Å². The number of halogens is 2. The zero-order valence-electron chi connectivity index (χ0n) is 19.5. The summed E-state index contributed by atoms with van der Waals surface area (Å²) in [6, 6.07) is 5.77. The van der Waals surface area contributed by atoms with Crippen LogP contribution in [0, 0.1) is 11.6 Å². The van der Waals surface area contributed by atoms with Crippen LogP contribution in [0.4, 0.5) is 14.5 Å². The monoisotopic (exact) mass is 518 g/mol. The Kier molecular flexibility index (Phi) is 7.14. The van der Waals surface area contributed by atoms with Gasteiger partial charge in [-0.3, -0.25) is 4.72 Å². The number of carboxylic acid groups (broad SMARTS) is 1. The minimum absolute atomic E-state index is 0.0623. The maximum absolute atomic E-state index is 14.3. The molecule has 0 amide bonds. The molecule has 0 radical (unpaired) electrons. The van der Waals surface area contributed by atoms with Crippen LogP contribution in [0.25, 0.3) is 17.2 Å². The number of hydrogen-bond donors (Lipinski definition) is 2. The quantitative estimate of drug-likeness (QED) is 0.412. The summed E-state index contributed by atoms with van der Waals surface area (Å²) in [5.41, 5.74) is -0.470. The van der Waals surface area contributed by atoms with Crippen LogP contribution in [0.1, 0.15) is 35.5 Å². The number of carboxylic acids is 1. The van der Waals surface area contributed by atoms with Gasteiger partial charge >= 0.3 is 5.97 Å². The molecular formula is C25H24F2N2O6S. The second-order valence-electron chi connectivity index (χ2n) is 8.02. The summed E-state index contributed by atoms with van der Waals surface area (Å²) >= 11 is 0. The minimum atomic E-state index is -4.36. The van der Waals surface area contributed by atoms with Gasteiger partial charge in [-0.1, -0.05) is 26.0 Å². The number of furan rings is 1. The number of carbonyl (C=O) groups is 1. The first-order valence-electron chi connectivity index (χ1n) is 11.2. The predicted octanol–water partition coefficient (Wildman–Crippen LogP) is 4.97. The number of anilines is 1. The molecule has 0 unspecified atom stereocenters. The van der Waals surface area contributed by atoms with Crippen molar-refractivity contribution in [3.8, 4) is 16.9 Å². The van der Waals surface area contributed by atoms with E-state index < -0.39 is 33.2 Å². The number of ether oxygens (including phenoxy) is 1. The van der Waals surface area contributed by atoms with Gasteiger partial charge in [-0.25, -0.2) is 22.0 Å². The molecule has 2 aromatic carbocycles. The van der Waals surface area contributed by atoms with Gasteiger partial charge in [-0.15, -0.1) is 0 Å². The molecule has 0 saturated heterocycles. The highest BCUT2D eigenvalue weighted by atomic mass is 32.2. The average molecular weight is 519 g/mol. The summed E-state index contributed by atoms with van der Waals surface area (Å²) in [6.07, 6.45) is 4.13. The van der Waals surface area contributed by atoms with Gasteiger partial charge in [0.1, 0.15) is 30.0 Å². The molecule has 0 bridgehead atoms. The van der Waals surface area contributed by atoms with Crippen LogP contribution in [-0.2, 0) is 16.6 Å². The molecule has 4 rings (SSSR count). The minimum Gasteiger partial charge on any atom is -0.484 e. The molecule has 11 heteroatoms. The zero-order chi connectivity index (χ0) is 26.0. The number of nitrogens with one attached hydrogen (secondary N) is 1. The molecule has 190 valence electrons. The standard InChI is InChI=1S/C25H24F2N2O6S/c1-3-29(4-2)11-5-6-15-12-16(26)7-10-21(15)36(32,33)28-19-9-8-17-22-18(27)13-34-20(22)14-35-24(17)23(19)25(30)31/h5-10,12-13,28H,3-4,11,14H2,1-2H3,(H,30,31)/b6-5-. The summed E-state index contributed by atoms with van der Waals surface area (Å²) in [6.45, 7) is 5.88. The maximum Gasteiger partial charge on any atom is 0.341 e. The van der Waals surface area contributed by atoms with E-state index in [1.54, 1.807) is 6.08 Å². The van der Waals surface area contributed by atoms with E-state index in [-0.39, 0.29) is 45.4 Å². The van der Waals surface area contributed by atoms with Gasteiger partial charge in [0.05, 0.1) is 16.1 Å². The van der Waals surface area contributed by atoms with Gasteiger partial charge in [-0.2, -0.15) is 0 Å². The van der Waals surface area contributed by atoms with Crippen molar-refractivity contribution in [1.29, 1.82) is 0 Å². The van der Waals surface area contributed by atoms with E-state index in [0.29, 0.717) is 6.54 Å². The molecule has 3 aromatic rings. The van der Waals surface area contributed by atoms with E-state index >= 15 is 0 Å². The Balaban J connectivity index is 1.73. The number of nitrogens with zero attached hydrogens (tertiary/aromatic N) is 1. The molecule has 1 aliphatic rings. The molecule has 36 heavy (non-hydrogen) atoms. The fourth-order valence-electron chi connectivity index (χ4n) is 4.03. The maximum atomic E-state index is 14.3. The van der Waals surface area contributed by atoms with Crippen LogP contribution < -0.4 is 9.46 Å². The van der Waals surface area contributed by atoms with Crippen molar-refractivity contribution in [2.24, 2.45) is 0 Å². The molecule has 0 fully saturated rings. The van der Waals surface area contributed by atoms with Crippen LogP contribution in [0.5, 0.6) is 5.75 Å². The number of aromatic carboxylic acids is 1. The van der Waals surface area contributed by atoms with Gasteiger partial charge in [0.15, 0.2) is 11.6 Å². The lowest BCUT2D eigenvalue weighted by Gasteiger charge is -2.21. The Morgan fingerprint density at radius 3 is 2.64 bits per heavy atom. The lowest BCUT2D eigenvalue weighted by atomic mass is 9.98. The van der Waals surface area contributed by atoms with E-state index in [2.05, 4.69) is 9.62 Å². The number of sulfonamides is 1. The second kappa shape index (κ2) is 10.1. The second-order valence-corrected chi connectivity index (χ2v) is 9.67. The highest BCUT2D eigenvalue weighted by Crippen LogP contribution is 2.44. The topological polar surface area (TPSA) is 109 Å². The molecule has 0 saturated carbocycles. The fourth-order valence-corrected chi connectivity index (χ4v) is 5.28. The van der Waals surface area contributed by atoms with Crippen molar-refractivity contribution in [2.45, 2.75) is 25.3 Å². The molecule has 0 spiro atoms. The van der Waals surface area contributed by atoms with Crippen molar-refractivity contribution in [2.75, 3.05) is 24.4 Å². The molecule has 2 heterocycles. The van der Waals surface area contributed by atoms with Crippen LogP contribution in [0.2, 0.25) is 0 Å². The largest absolute Gasteiger partial charge is 0.484 e. The van der Waals surface area contributed by atoms with Gasteiger partial charge < -0.3 is 19.2 Å². The first kappa shape index (κ1) is 25.4. The number of hydrogen-bond acceptors (Lipinski definition) is 6. The van der Waals surface area contributed by atoms with Gasteiger partial charge in [-0.05, 0) is 49.0 Å². The molecule has 0 aliphatic carbocycles. The van der Waals surface area contributed by atoms with E-state index in [0.717, 1.165) is 37.6 Å². The van der Waals surface area contributed by atoms with Crippen molar-refractivity contribution in [3.05, 3.63) is 71.2 Å². The fraction of sp³-hybridized carbons (Fsp3) is 0.240. The Labute approximate surface area is 206 Å². The first-order chi connectivity index (χ1) is 17.2. The molecule has 0 atom stereocenters. The van der Waals surface area contributed by atoms with Crippen LogP contribution in [0.3, 0.4) is 0 Å². The Hall–Kier alpha value is -3.70. The highest BCUT2D eigenvalue weighted by Gasteiger charge is 2.31. The summed E-state index contributed by atoms with van der Waals surface area (Å²) in [5.74, 6) is -2.78. The van der Waals surface area contributed by atoms with E-state index in [4.69, 9.17) is 9.15 Å². The predicted molar refractivity (Wildman–Crippen MR) is 129 cm³/mol. The molecular weight excluding hydrogens is 494 g/mol. The molecule has 1 aliphatic heterocycles. The van der Waals surface area contributed by atoms with E-state index in [1.165, 1.54) is 18.2 Å². The van der Waals surface area contributed by atoms with Crippen LogP contribution in [0.15, 0.2) is 52.0 Å². The smallest absolute Gasteiger partial charge is 0.341 e. The lowest BCUT2D eigenvalue weighted by molar-refractivity contribution is 0.0692. The third kappa shape index (κ3) is 4.84. The molecule has 8 nitrogen and oxygen atoms in total. The van der Waals surface area contributed by atoms with Crippen molar-refractivity contribution in [3.63, 3.8) is 0 Å². The summed E-state index contributed by atoms with van der Waals surface area (Å²) in [7, 11) is -4.36.